The summed E-state index contributed by atoms with van der Waals surface area (Å²) in [5, 5.41) is 9.43. The molecule has 0 radical (unpaired) electrons. The summed E-state index contributed by atoms with van der Waals surface area (Å²) in [6.45, 7) is 7.25. The molecular formula is C19H28N2O4. The maximum Gasteiger partial charge on any atom is 0.260 e. The van der Waals surface area contributed by atoms with Crippen LogP contribution in [-0.2, 0) is 4.79 Å². The van der Waals surface area contributed by atoms with Crippen LogP contribution < -0.4 is 9.47 Å². The predicted octanol–water partition coefficient (Wildman–Crippen LogP) is 1.63. The molecule has 6 heteroatoms. The third-order valence-electron chi connectivity index (χ3n) is 4.15. The number of aliphatic hydroxyl groups excluding tert-OH is 1. The van der Waals surface area contributed by atoms with Crippen molar-refractivity contribution in [3.05, 3.63) is 29.8 Å². The van der Waals surface area contributed by atoms with Gasteiger partial charge in [-0.2, -0.15) is 0 Å². The highest BCUT2D eigenvalue weighted by Gasteiger charge is 2.22. The normalized spacial score (nSPS) is 16.9. The average Bonchev–Trinajstić information content (AvgIpc) is 2.60. The van der Waals surface area contributed by atoms with Gasteiger partial charge < -0.3 is 19.5 Å². The molecule has 1 saturated heterocycles. The van der Waals surface area contributed by atoms with Gasteiger partial charge in [0.25, 0.3) is 5.91 Å². The van der Waals surface area contributed by atoms with E-state index in [-0.39, 0.29) is 18.6 Å². The lowest BCUT2D eigenvalue weighted by atomic mass is 10.2. The number of amides is 1. The number of hydrogen-bond acceptors (Lipinski definition) is 5. The Morgan fingerprint density at radius 1 is 1.28 bits per heavy atom. The number of rotatable bonds is 7. The van der Waals surface area contributed by atoms with Crippen LogP contribution in [0.5, 0.6) is 11.5 Å². The van der Waals surface area contributed by atoms with E-state index in [9.17, 15) is 9.90 Å². The van der Waals surface area contributed by atoms with Gasteiger partial charge in [-0.15, -0.1) is 0 Å². The van der Waals surface area contributed by atoms with E-state index >= 15 is 0 Å². The van der Waals surface area contributed by atoms with Gasteiger partial charge in [0.2, 0.25) is 0 Å². The molecule has 0 aliphatic carbocycles. The zero-order chi connectivity index (χ0) is 18.2. The van der Waals surface area contributed by atoms with Gasteiger partial charge in [-0.05, 0) is 31.5 Å². The van der Waals surface area contributed by atoms with E-state index in [4.69, 9.17) is 9.47 Å². The molecule has 1 aromatic rings. The Morgan fingerprint density at radius 3 is 2.60 bits per heavy atom. The number of piperazine rings is 1. The first-order chi connectivity index (χ1) is 12.0. The molecule has 0 spiro atoms. The summed E-state index contributed by atoms with van der Waals surface area (Å²) in [6.07, 6.45) is 3.59. The second-order valence-corrected chi connectivity index (χ2v) is 6.23. The Bertz CT molecular complexity index is 593. The minimum Gasteiger partial charge on any atom is -0.493 e. The molecule has 138 valence electrons. The summed E-state index contributed by atoms with van der Waals surface area (Å²) in [5.74, 6) is 1.15. The number of β-amino-alcohol motifs (C(OH)–C–C–N with tert-alkyl or cyclic N) is 1. The van der Waals surface area contributed by atoms with Gasteiger partial charge in [0.15, 0.2) is 18.1 Å². The van der Waals surface area contributed by atoms with Crippen LogP contribution in [0.3, 0.4) is 0 Å². The smallest absolute Gasteiger partial charge is 0.260 e. The Kier molecular flexibility index (Phi) is 7.28. The minimum atomic E-state index is -0.344. The van der Waals surface area contributed by atoms with Crippen molar-refractivity contribution < 1.29 is 19.4 Å². The molecule has 1 heterocycles. The van der Waals surface area contributed by atoms with Gasteiger partial charge in [0.1, 0.15) is 0 Å². The minimum absolute atomic E-state index is 0.00424. The van der Waals surface area contributed by atoms with Gasteiger partial charge in [-0.3, -0.25) is 9.69 Å². The lowest BCUT2D eigenvalue weighted by Gasteiger charge is -2.35. The Balaban J connectivity index is 1.86. The molecule has 25 heavy (non-hydrogen) atoms. The Hall–Kier alpha value is -2.05. The molecule has 0 bridgehead atoms. The molecule has 1 fully saturated rings. The van der Waals surface area contributed by atoms with Gasteiger partial charge in [-0.25, -0.2) is 0 Å². The van der Waals surface area contributed by atoms with Crippen molar-refractivity contribution in [3.8, 4) is 11.5 Å². The van der Waals surface area contributed by atoms with Gasteiger partial charge in [-0.1, -0.05) is 18.2 Å². The fourth-order valence-electron chi connectivity index (χ4n) is 2.88. The third-order valence-corrected chi connectivity index (χ3v) is 4.15. The number of carbonyl (C=O) groups is 1. The molecule has 1 unspecified atom stereocenters. The maximum absolute atomic E-state index is 12.4. The van der Waals surface area contributed by atoms with Crippen molar-refractivity contribution >= 4 is 12.0 Å². The van der Waals surface area contributed by atoms with E-state index in [1.54, 1.807) is 18.9 Å². The van der Waals surface area contributed by atoms with E-state index in [0.29, 0.717) is 31.1 Å². The molecular weight excluding hydrogens is 320 g/mol. The zero-order valence-electron chi connectivity index (χ0n) is 15.3. The largest absolute Gasteiger partial charge is 0.493 e. The molecule has 1 atom stereocenters. The van der Waals surface area contributed by atoms with Crippen molar-refractivity contribution in [2.24, 2.45) is 0 Å². The van der Waals surface area contributed by atoms with E-state index < -0.39 is 0 Å². The van der Waals surface area contributed by atoms with Crippen LogP contribution in [0.2, 0.25) is 0 Å². The molecule has 1 aliphatic heterocycles. The molecule has 1 amide bonds. The van der Waals surface area contributed by atoms with Gasteiger partial charge >= 0.3 is 0 Å². The summed E-state index contributed by atoms with van der Waals surface area (Å²) in [4.78, 5) is 16.3. The van der Waals surface area contributed by atoms with Crippen LogP contribution in [0.25, 0.3) is 6.08 Å². The summed E-state index contributed by atoms with van der Waals surface area (Å²) >= 11 is 0. The number of allylic oxidation sites excluding steroid dienone is 1. The highest BCUT2D eigenvalue weighted by Crippen LogP contribution is 2.28. The van der Waals surface area contributed by atoms with E-state index in [1.807, 2.05) is 37.3 Å². The SMILES string of the molecule is C/C=C/c1ccc(OCC(=O)N2CCN(CC(C)O)CC2)c(OC)c1. The zero-order valence-corrected chi connectivity index (χ0v) is 15.3. The number of carbonyl (C=O) groups excluding carboxylic acids is 1. The number of ether oxygens (including phenoxy) is 2. The average molecular weight is 348 g/mol. The van der Waals surface area contributed by atoms with Crippen LogP contribution in [0.15, 0.2) is 24.3 Å². The molecule has 0 aromatic heterocycles. The summed E-state index contributed by atoms with van der Waals surface area (Å²) < 4.78 is 11.0. The molecule has 1 aliphatic rings. The van der Waals surface area contributed by atoms with Crippen LogP contribution in [-0.4, -0.2) is 73.4 Å². The van der Waals surface area contributed by atoms with Crippen LogP contribution in [0.4, 0.5) is 0 Å². The van der Waals surface area contributed by atoms with Crippen LogP contribution in [0.1, 0.15) is 19.4 Å². The number of nitrogens with zero attached hydrogens (tertiary/aromatic N) is 2. The van der Waals surface area contributed by atoms with Crippen LogP contribution >= 0.6 is 0 Å². The quantitative estimate of drug-likeness (QED) is 0.812. The Labute approximate surface area is 149 Å². The molecule has 1 N–H and O–H groups in total. The van der Waals surface area contributed by atoms with E-state index in [1.165, 1.54) is 0 Å². The van der Waals surface area contributed by atoms with Crippen molar-refractivity contribution in [1.82, 2.24) is 9.80 Å². The number of benzene rings is 1. The first-order valence-electron chi connectivity index (χ1n) is 8.65. The number of hydrogen-bond donors (Lipinski definition) is 1. The standard InChI is InChI=1S/C19H28N2O4/c1-4-5-16-6-7-17(18(12-16)24-3)25-14-19(23)21-10-8-20(9-11-21)13-15(2)22/h4-7,12,15,22H,8-11,13-14H2,1-3H3/b5-4+. The van der Waals surface area contributed by atoms with Crippen molar-refractivity contribution in [1.29, 1.82) is 0 Å². The predicted molar refractivity (Wildman–Crippen MR) is 97.9 cm³/mol. The second kappa shape index (κ2) is 9.44. The lowest BCUT2D eigenvalue weighted by Crippen LogP contribution is -2.51. The fourth-order valence-corrected chi connectivity index (χ4v) is 2.88. The molecule has 6 nitrogen and oxygen atoms in total. The first-order valence-corrected chi connectivity index (χ1v) is 8.65. The van der Waals surface area contributed by atoms with Crippen molar-refractivity contribution in [3.63, 3.8) is 0 Å². The number of methoxy groups -OCH3 is 1. The van der Waals surface area contributed by atoms with E-state index in [2.05, 4.69) is 4.90 Å². The van der Waals surface area contributed by atoms with E-state index in [0.717, 1.165) is 18.7 Å². The van der Waals surface area contributed by atoms with Crippen molar-refractivity contribution in [2.75, 3.05) is 46.4 Å². The second-order valence-electron chi connectivity index (χ2n) is 6.23. The molecule has 2 rings (SSSR count). The lowest BCUT2D eigenvalue weighted by molar-refractivity contribution is -0.135. The third kappa shape index (κ3) is 5.76. The van der Waals surface area contributed by atoms with Gasteiger partial charge in [0.05, 0.1) is 13.2 Å². The topological polar surface area (TPSA) is 62.2 Å². The summed E-state index contributed by atoms with van der Waals surface area (Å²) in [6, 6.07) is 5.63. The fraction of sp³-hybridized carbons (Fsp3) is 0.526. The monoisotopic (exact) mass is 348 g/mol. The van der Waals surface area contributed by atoms with Crippen LogP contribution in [0, 0.1) is 0 Å². The highest BCUT2D eigenvalue weighted by molar-refractivity contribution is 5.78. The molecule has 0 saturated carbocycles. The number of aliphatic hydroxyl groups is 1. The molecule has 1 aromatic carbocycles. The summed E-state index contributed by atoms with van der Waals surface area (Å²) in [5.41, 5.74) is 1.02. The first kappa shape index (κ1) is 19.3. The highest BCUT2D eigenvalue weighted by atomic mass is 16.5. The maximum atomic E-state index is 12.4. The Morgan fingerprint density at radius 2 is 2.00 bits per heavy atom. The summed E-state index contributed by atoms with van der Waals surface area (Å²) in [7, 11) is 1.59. The van der Waals surface area contributed by atoms with Crippen molar-refractivity contribution in [2.45, 2.75) is 20.0 Å². The van der Waals surface area contributed by atoms with Gasteiger partial charge in [0, 0.05) is 32.7 Å².